The van der Waals surface area contributed by atoms with E-state index in [1.165, 1.54) is 11.1 Å². The van der Waals surface area contributed by atoms with Crippen molar-refractivity contribution in [1.82, 2.24) is 0 Å². The van der Waals surface area contributed by atoms with Gasteiger partial charge in [-0.25, -0.2) is 4.79 Å². The van der Waals surface area contributed by atoms with Crippen molar-refractivity contribution in [3.63, 3.8) is 0 Å². The van der Waals surface area contributed by atoms with E-state index in [4.69, 9.17) is 5.11 Å². The van der Waals surface area contributed by atoms with Crippen LogP contribution in [-0.4, -0.2) is 17.6 Å². The predicted molar refractivity (Wildman–Crippen MR) is 74.8 cm³/mol. The topological polar surface area (TPSA) is 49.3 Å². The molecule has 0 heterocycles. The maximum absolute atomic E-state index is 10.9. The van der Waals surface area contributed by atoms with Crippen LogP contribution in [0.5, 0.6) is 0 Å². The monoisotopic (exact) mass is 253 g/mol. The first-order chi connectivity index (χ1) is 9.24. The highest BCUT2D eigenvalue weighted by Gasteiger charge is 2.24. The third kappa shape index (κ3) is 2.32. The Morgan fingerprint density at radius 1 is 1.21 bits per heavy atom. The van der Waals surface area contributed by atoms with Crippen molar-refractivity contribution in [2.75, 3.05) is 11.9 Å². The Kier molecular flexibility index (Phi) is 2.95. The first-order valence-electron chi connectivity index (χ1n) is 6.39. The average molecular weight is 253 g/mol. The third-order valence-corrected chi connectivity index (χ3v) is 3.62. The summed E-state index contributed by atoms with van der Waals surface area (Å²) < 4.78 is 0. The zero-order chi connectivity index (χ0) is 13.2. The molecule has 0 spiro atoms. The van der Waals surface area contributed by atoms with Crippen molar-refractivity contribution in [3.8, 4) is 0 Å². The molecular formula is C16H15NO2. The molecule has 2 aromatic carbocycles. The fourth-order valence-electron chi connectivity index (χ4n) is 2.55. The second-order valence-electron chi connectivity index (χ2n) is 4.87. The first-order valence-corrected chi connectivity index (χ1v) is 6.39. The van der Waals surface area contributed by atoms with Crippen LogP contribution >= 0.6 is 0 Å². The molecule has 3 heteroatoms. The zero-order valence-corrected chi connectivity index (χ0v) is 10.5. The Labute approximate surface area is 111 Å². The summed E-state index contributed by atoms with van der Waals surface area (Å²) >= 11 is 0. The van der Waals surface area contributed by atoms with E-state index in [2.05, 4.69) is 29.6 Å². The Balaban J connectivity index is 1.65. The average Bonchev–Trinajstić information content (AvgIpc) is 2.40. The van der Waals surface area contributed by atoms with E-state index >= 15 is 0 Å². The maximum atomic E-state index is 10.9. The van der Waals surface area contributed by atoms with Gasteiger partial charge in [-0.1, -0.05) is 30.3 Å². The molecule has 0 aromatic heterocycles. The molecule has 0 aliphatic heterocycles. The minimum Gasteiger partial charge on any atom is -0.478 e. The second-order valence-corrected chi connectivity index (χ2v) is 4.87. The summed E-state index contributed by atoms with van der Waals surface area (Å²) in [4.78, 5) is 10.9. The van der Waals surface area contributed by atoms with Crippen LogP contribution in [0.2, 0.25) is 0 Å². The van der Waals surface area contributed by atoms with E-state index in [9.17, 15) is 4.79 Å². The van der Waals surface area contributed by atoms with Crippen molar-refractivity contribution >= 4 is 11.7 Å². The minimum absolute atomic E-state index is 0.319. The molecule has 0 radical (unpaired) electrons. The molecule has 0 amide bonds. The molecule has 0 saturated carbocycles. The van der Waals surface area contributed by atoms with E-state index in [1.54, 1.807) is 18.2 Å². The summed E-state index contributed by atoms with van der Waals surface area (Å²) in [5.41, 5.74) is 4.02. The van der Waals surface area contributed by atoms with Crippen LogP contribution in [0.3, 0.4) is 0 Å². The lowest BCUT2D eigenvalue weighted by Gasteiger charge is -2.30. The quantitative estimate of drug-likeness (QED) is 0.880. The van der Waals surface area contributed by atoms with E-state index in [-0.39, 0.29) is 0 Å². The Bertz CT molecular complexity index is 622. The molecule has 0 fully saturated rings. The predicted octanol–water partition coefficient (Wildman–Crippen LogP) is 3.14. The minimum atomic E-state index is -0.891. The van der Waals surface area contributed by atoms with Crippen molar-refractivity contribution in [2.45, 2.75) is 12.3 Å². The van der Waals surface area contributed by atoms with E-state index in [0.717, 1.165) is 18.7 Å². The highest BCUT2D eigenvalue weighted by atomic mass is 16.4. The Hall–Kier alpha value is -2.29. The van der Waals surface area contributed by atoms with Gasteiger partial charge in [0.05, 0.1) is 5.56 Å². The van der Waals surface area contributed by atoms with Crippen LogP contribution in [0.4, 0.5) is 5.69 Å². The standard InChI is InChI=1S/C16H15NO2/c18-16(19)12-5-3-6-14(9-12)17-10-13-8-11-4-1-2-7-15(11)13/h1-7,9,13,17H,8,10H2,(H,18,19). The molecule has 1 unspecified atom stereocenters. The van der Waals surface area contributed by atoms with Crippen molar-refractivity contribution in [3.05, 3.63) is 65.2 Å². The van der Waals surface area contributed by atoms with Crippen LogP contribution in [0, 0.1) is 0 Å². The fraction of sp³-hybridized carbons (Fsp3) is 0.188. The van der Waals surface area contributed by atoms with Crippen LogP contribution in [0.25, 0.3) is 0 Å². The van der Waals surface area contributed by atoms with Gasteiger partial charge in [0.25, 0.3) is 0 Å². The number of hydrogen-bond donors (Lipinski definition) is 2. The summed E-state index contributed by atoms with van der Waals surface area (Å²) in [6.07, 6.45) is 1.10. The number of benzene rings is 2. The van der Waals surface area contributed by atoms with Crippen LogP contribution in [-0.2, 0) is 6.42 Å². The number of rotatable bonds is 4. The number of carboxylic acid groups (broad SMARTS) is 1. The van der Waals surface area contributed by atoms with E-state index in [0.29, 0.717) is 11.5 Å². The van der Waals surface area contributed by atoms with E-state index < -0.39 is 5.97 Å². The smallest absolute Gasteiger partial charge is 0.335 e. The molecule has 1 aliphatic carbocycles. The van der Waals surface area contributed by atoms with Crippen LogP contribution < -0.4 is 5.32 Å². The van der Waals surface area contributed by atoms with Gasteiger partial charge >= 0.3 is 5.97 Å². The number of carbonyl (C=O) groups is 1. The third-order valence-electron chi connectivity index (χ3n) is 3.62. The van der Waals surface area contributed by atoms with Gasteiger partial charge in [0, 0.05) is 18.2 Å². The number of anilines is 1. The van der Waals surface area contributed by atoms with Gasteiger partial charge in [0.15, 0.2) is 0 Å². The molecule has 19 heavy (non-hydrogen) atoms. The molecule has 0 saturated heterocycles. The number of nitrogens with one attached hydrogen (secondary N) is 1. The number of hydrogen-bond acceptors (Lipinski definition) is 2. The fourth-order valence-corrected chi connectivity index (χ4v) is 2.55. The number of fused-ring (bicyclic) bond motifs is 1. The van der Waals surface area contributed by atoms with Gasteiger partial charge in [0.1, 0.15) is 0 Å². The normalized spacial score (nSPS) is 16.3. The molecule has 3 rings (SSSR count). The molecule has 2 N–H and O–H groups in total. The summed E-state index contributed by atoms with van der Waals surface area (Å²) in [5, 5.41) is 12.3. The van der Waals surface area contributed by atoms with Gasteiger partial charge in [0.2, 0.25) is 0 Å². The summed E-state index contributed by atoms with van der Waals surface area (Å²) in [5.74, 6) is -0.359. The Morgan fingerprint density at radius 3 is 2.84 bits per heavy atom. The number of carboxylic acids is 1. The van der Waals surface area contributed by atoms with Crippen molar-refractivity contribution in [1.29, 1.82) is 0 Å². The molecular weight excluding hydrogens is 238 g/mol. The largest absolute Gasteiger partial charge is 0.478 e. The van der Waals surface area contributed by atoms with E-state index in [1.807, 2.05) is 6.07 Å². The summed E-state index contributed by atoms with van der Waals surface area (Å²) in [7, 11) is 0. The van der Waals surface area contributed by atoms with Gasteiger partial charge in [-0.3, -0.25) is 0 Å². The number of aromatic carboxylic acids is 1. The van der Waals surface area contributed by atoms with Gasteiger partial charge in [-0.15, -0.1) is 0 Å². The SMILES string of the molecule is O=C(O)c1cccc(NCC2Cc3ccccc32)c1. The van der Waals surface area contributed by atoms with Crippen LogP contribution in [0.1, 0.15) is 27.4 Å². The lowest BCUT2D eigenvalue weighted by Crippen LogP contribution is -2.24. The maximum Gasteiger partial charge on any atom is 0.335 e. The molecule has 0 bridgehead atoms. The van der Waals surface area contributed by atoms with Gasteiger partial charge < -0.3 is 10.4 Å². The second kappa shape index (κ2) is 4.76. The lowest BCUT2D eigenvalue weighted by molar-refractivity contribution is 0.0697. The molecule has 1 atom stereocenters. The molecule has 96 valence electrons. The summed E-state index contributed by atoms with van der Waals surface area (Å²) in [6, 6.07) is 15.4. The molecule has 3 nitrogen and oxygen atoms in total. The van der Waals surface area contributed by atoms with Gasteiger partial charge in [-0.05, 0) is 35.7 Å². The first kappa shape index (κ1) is 11.8. The van der Waals surface area contributed by atoms with Crippen molar-refractivity contribution < 1.29 is 9.90 Å². The molecule has 2 aromatic rings. The Morgan fingerprint density at radius 2 is 2.05 bits per heavy atom. The van der Waals surface area contributed by atoms with Crippen molar-refractivity contribution in [2.24, 2.45) is 0 Å². The van der Waals surface area contributed by atoms with Gasteiger partial charge in [-0.2, -0.15) is 0 Å². The summed E-state index contributed by atoms with van der Waals surface area (Å²) in [6.45, 7) is 0.847. The lowest BCUT2D eigenvalue weighted by atomic mass is 9.77. The van der Waals surface area contributed by atoms with Crippen LogP contribution in [0.15, 0.2) is 48.5 Å². The highest BCUT2D eigenvalue weighted by Crippen LogP contribution is 2.34. The highest BCUT2D eigenvalue weighted by molar-refractivity contribution is 5.88. The molecule has 1 aliphatic rings. The zero-order valence-electron chi connectivity index (χ0n) is 10.5.